The number of sulfonamides is 1. The van der Waals surface area contributed by atoms with Gasteiger partial charge in [-0.25, -0.2) is 8.42 Å². The van der Waals surface area contributed by atoms with Crippen molar-refractivity contribution in [2.24, 2.45) is 0 Å². The van der Waals surface area contributed by atoms with E-state index in [-0.39, 0.29) is 32.7 Å². The zero-order valence-electron chi connectivity index (χ0n) is 20.2. The molecule has 0 aromatic heterocycles. The average molecular weight is 547 g/mol. The zero-order valence-corrected chi connectivity index (χ0v) is 21.9. The number of benzene rings is 3. The molecule has 2 unspecified atom stereocenters. The van der Waals surface area contributed by atoms with Gasteiger partial charge < -0.3 is 18.7 Å². The molecule has 0 amide bonds. The number of piperazine rings is 1. The van der Waals surface area contributed by atoms with E-state index in [0.29, 0.717) is 18.0 Å². The van der Waals surface area contributed by atoms with Crippen molar-refractivity contribution in [3.8, 4) is 5.75 Å². The Labute approximate surface area is 218 Å². The third-order valence-electron chi connectivity index (χ3n) is 6.39. The minimum absolute atomic E-state index is 0.145. The van der Waals surface area contributed by atoms with Crippen molar-refractivity contribution in [2.75, 3.05) is 43.3 Å². The van der Waals surface area contributed by atoms with E-state index in [1.165, 1.54) is 4.31 Å². The van der Waals surface area contributed by atoms with Crippen LogP contribution in [-0.4, -0.2) is 82.5 Å². The molecule has 0 radical (unpaired) electrons. The molecule has 2 atom stereocenters. The van der Waals surface area contributed by atoms with Gasteiger partial charge >= 0.3 is 5.97 Å². The number of carboxylic acids is 1. The molecule has 0 bridgehead atoms. The summed E-state index contributed by atoms with van der Waals surface area (Å²) in [5, 5.41) is 12.0. The zero-order chi connectivity index (χ0) is 26.6. The van der Waals surface area contributed by atoms with Crippen LogP contribution in [0.5, 0.6) is 5.75 Å². The van der Waals surface area contributed by atoms with Crippen LogP contribution in [0, 0.1) is 0 Å². The lowest BCUT2D eigenvalue weighted by Crippen LogP contribution is -2.57. The lowest BCUT2D eigenvalue weighted by Gasteiger charge is -2.39. The Morgan fingerprint density at radius 2 is 1.70 bits per heavy atom. The maximum absolute atomic E-state index is 12.0. The predicted octanol–water partition coefficient (Wildman–Crippen LogP) is 2.05. The van der Waals surface area contributed by atoms with Gasteiger partial charge in [0.1, 0.15) is 18.4 Å². The number of nitrogens with zero attached hydrogens (tertiary/aromatic N) is 3. The van der Waals surface area contributed by atoms with E-state index in [1.807, 2.05) is 42.5 Å². The van der Waals surface area contributed by atoms with Crippen molar-refractivity contribution in [2.45, 2.75) is 12.6 Å². The van der Waals surface area contributed by atoms with Crippen LogP contribution in [0.1, 0.15) is 5.56 Å². The van der Waals surface area contributed by atoms with E-state index < -0.39 is 33.3 Å². The molecule has 37 heavy (non-hydrogen) atoms. The second kappa shape index (κ2) is 11.6. The van der Waals surface area contributed by atoms with Crippen molar-refractivity contribution in [1.29, 1.82) is 0 Å². The molecule has 1 N–H and O–H groups in total. The summed E-state index contributed by atoms with van der Waals surface area (Å²) in [4.78, 5) is 13.6. The van der Waals surface area contributed by atoms with Gasteiger partial charge in [0.25, 0.3) is 0 Å². The molecule has 0 saturated carbocycles. The minimum atomic E-state index is -3.37. The predicted molar refractivity (Wildman–Crippen MR) is 140 cm³/mol. The number of ether oxygens (including phenoxy) is 1. The van der Waals surface area contributed by atoms with Crippen LogP contribution in [0.2, 0.25) is 0 Å². The van der Waals surface area contributed by atoms with Crippen LogP contribution < -0.4 is 9.04 Å². The highest BCUT2D eigenvalue weighted by molar-refractivity contribution is 7.88. The first-order valence-electron chi connectivity index (χ1n) is 11.6. The quantitative estimate of drug-likeness (QED) is 0.383. The molecule has 10 nitrogen and oxygen atoms in total. The van der Waals surface area contributed by atoms with E-state index in [9.17, 15) is 27.1 Å². The third kappa shape index (κ3) is 6.65. The molecule has 4 rings (SSSR count). The number of anilines is 1. The summed E-state index contributed by atoms with van der Waals surface area (Å²) in [6.07, 6.45) is 1.11. The van der Waals surface area contributed by atoms with Gasteiger partial charge in [-0.1, -0.05) is 42.5 Å². The molecule has 3 aromatic rings. The van der Waals surface area contributed by atoms with Gasteiger partial charge in [0.05, 0.1) is 12.8 Å². The summed E-state index contributed by atoms with van der Waals surface area (Å²) < 4.78 is 55.8. The number of carboxylic acid groups (broad SMARTS) is 1. The van der Waals surface area contributed by atoms with Crippen molar-refractivity contribution >= 4 is 43.7 Å². The van der Waals surface area contributed by atoms with Crippen LogP contribution in [0.4, 0.5) is 5.69 Å². The topological polar surface area (TPSA) is 131 Å². The fraction of sp³-hybridized carbons (Fsp3) is 0.320. The molecule has 12 heteroatoms. The van der Waals surface area contributed by atoms with Crippen molar-refractivity contribution < 1.29 is 31.8 Å². The van der Waals surface area contributed by atoms with Crippen LogP contribution in [0.25, 0.3) is 10.8 Å². The Kier molecular flexibility index (Phi) is 8.45. The van der Waals surface area contributed by atoms with Gasteiger partial charge in [-0.05, 0) is 40.6 Å². The highest BCUT2D eigenvalue weighted by Gasteiger charge is 2.33. The fourth-order valence-corrected chi connectivity index (χ4v) is 5.78. The molecule has 1 saturated heterocycles. The Balaban J connectivity index is 1.43. The summed E-state index contributed by atoms with van der Waals surface area (Å²) in [5.74, 6) is -0.640. The van der Waals surface area contributed by atoms with E-state index in [4.69, 9.17) is 4.74 Å². The maximum atomic E-state index is 12.0. The summed E-state index contributed by atoms with van der Waals surface area (Å²) in [6, 6.07) is 19.2. The Bertz CT molecular complexity index is 1370. The van der Waals surface area contributed by atoms with Gasteiger partial charge in [0.2, 0.25) is 10.0 Å². The Morgan fingerprint density at radius 1 is 1.05 bits per heavy atom. The van der Waals surface area contributed by atoms with Crippen LogP contribution in [-0.2, 0) is 32.7 Å². The number of rotatable bonds is 10. The highest BCUT2D eigenvalue weighted by atomic mass is 32.2. The maximum Gasteiger partial charge on any atom is 0.322 e. The molecule has 1 aliphatic heterocycles. The average Bonchev–Trinajstić information content (AvgIpc) is 2.87. The second-order valence-corrected chi connectivity index (χ2v) is 11.6. The van der Waals surface area contributed by atoms with Gasteiger partial charge in [0.15, 0.2) is 0 Å². The van der Waals surface area contributed by atoms with E-state index in [0.717, 1.165) is 26.9 Å². The SMILES string of the molecule is CS(=O)(=O)N1CCN(C(CN(c2ccc(OCc3cccc4ccccc34)cc2)S(=O)[O-])C(=O)O)CC1. The fourth-order valence-electron chi connectivity index (χ4n) is 4.39. The Hall–Kier alpha value is -3.03. The number of hydrogen-bond acceptors (Lipinski definition) is 7. The standard InChI is InChI=1S/C25H29N3O7S2/c1-37(33,34)27-15-13-26(14-16-27)24(25(29)30)17-28(36(31)32)21-9-11-22(12-10-21)35-18-20-7-4-6-19-5-2-3-8-23(19)20/h2-12,24H,13-18H2,1H3,(H,29,30)(H,31,32)/p-1. The molecule has 0 spiro atoms. The number of hydrogen-bond donors (Lipinski definition) is 1. The molecule has 3 aromatic carbocycles. The normalized spacial score (nSPS) is 16.8. The third-order valence-corrected chi connectivity index (χ3v) is 8.41. The van der Waals surface area contributed by atoms with Gasteiger partial charge in [-0.15, -0.1) is 0 Å². The summed E-state index contributed by atoms with van der Waals surface area (Å²) in [7, 11) is -3.37. The second-order valence-electron chi connectivity index (χ2n) is 8.75. The first-order valence-corrected chi connectivity index (χ1v) is 14.5. The lowest BCUT2D eigenvalue weighted by molar-refractivity contribution is -0.143. The van der Waals surface area contributed by atoms with Gasteiger partial charge in [0, 0.05) is 43.1 Å². The van der Waals surface area contributed by atoms with Crippen molar-refractivity contribution in [3.05, 3.63) is 72.3 Å². The molecule has 1 fully saturated rings. The molecule has 0 aliphatic carbocycles. The number of aliphatic carboxylic acids is 1. The Morgan fingerprint density at radius 3 is 2.32 bits per heavy atom. The molecular weight excluding hydrogens is 518 g/mol. The van der Waals surface area contributed by atoms with Crippen LogP contribution in [0.3, 0.4) is 0 Å². The monoisotopic (exact) mass is 546 g/mol. The minimum Gasteiger partial charge on any atom is -0.755 e. The lowest BCUT2D eigenvalue weighted by atomic mass is 10.1. The summed E-state index contributed by atoms with van der Waals surface area (Å²) >= 11 is -2.73. The number of fused-ring (bicyclic) bond motifs is 1. The highest BCUT2D eigenvalue weighted by Crippen LogP contribution is 2.24. The van der Waals surface area contributed by atoms with Crippen LogP contribution in [0.15, 0.2) is 66.7 Å². The van der Waals surface area contributed by atoms with Gasteiger partial charge in [-0.2, -0.15) is 4.31 Å². The molecule has 1 heterocycles. The van der Waals surface area contributed by atoms with E-state index in [2.05, 4.69) is 0 Å². The van der Waals surface area contributed by atoms with Crippen LogP contribution >= 0.6 is 0 Å². The summed E-state index contributed by atoms with van der Waals surface area (Å²) in [6.45, 7) is 0.672. The molecule has 1 aliphatic rings. The largest absolute Gasteiger partial charge is 0.755 e. The summed E-state index contributed by atoms with van der Waals surface area (Å²) in [5.41, 5.74) is 1.32. The van der Waals surface area contributed by atoms with Crippen molar-refractivity contribution in [1.82, 2.24) is 9.21 Å². The first kappa shape index (κ1) is 27.0. The van der Waals surface area contributed by atoms with E-state index >= 15 is 0 Å². The first-order chi connectivity index (χ1) is 17.6. The molecule has 198 valence electrons. The molecular formula is C25H28N3O7S2-. The van der Waals surface area contributed by atoms with Gasteiger partial charge in [-0.3, -0.25) is 13.9 Å². The van der Waals surface area contributed by atoms with Crippen molar-refractivity contribution in [3.63, 3.8) is 0 Å². The smallest absolute Gasteiger partial charge is 0.322 e. The van der Waals surface area contributed by atoms with E-state index in [1.54, 1.807) is 29.2 Å². The number of carbonyl (C=O) groups is 1.